The van der Waals surface area contributed by atoms with Crippen LogP contribution < -0.4 is 10.2 Å². The van der Waals surface area contributed by atoms with Crippen molar-refractivity contribution in [2.75, 3.05) is 31.1 Å². The van der Waals surface area contributed by atoms with Gasteiger partial charge in [0.2, 0.25) is 9.84 Å². The maximum atomic E-state index is 13.5. The van der Waals surface area contributed by atoms with Gasteiger partial charge in [0.25, 0.3) is 0 Å². The number of anilines is 1. The van der Waals surface area contributed by atoms with Crippen LogP contribution in [-0.4, -0.2) is 34.6 Å². The first kappa shape index (κ1) is 18.0. The van der Waals surface area contributed by atoms with E-state index in [0.717, 1.165) is 53.8 Å². The standard InChI is InChI=1S/C22H24N2O2S/c1-16-7-8-17(2)22(15-16)27(25,26)21-10-9-20(24-13-11-23-12-14-24)18-5-3-4-6-19(18)21/h3-10,15,23H,11-14H2,1-2H3. The monoisotopic (exact) mass is 380 g/mol. The number of benzene rings is 3. The van der Waals surface area contributed by atoms with E-state index in [0.29, 0.717) is 9.79 Å². The number of fused-ring (bicyclic) bond motifs is 1. The van der Waals surface area contributed by atoms with Crippen molar-refractivity contribution in [3.05, 3.63) is 65.7 Å². The molecule has 3 aromatic carbocycles. The van der Waals surface area contributed by atoms with Crippen LogP contribution in [-0.2, 0) is 9.84 Å². The first-order valence-corrected chi connectivity index (χ1v) is 10.8. The number of sulfone groups is 1. The van der Waals surface area contributed by atoms with Gasteiger partial charge in [0, 0.05) is 42.6 Å². The molecule has 4 rings (SSSR count). The minimum Gasteiger partial charge on any atom is -0.368 e. The van der Waals surface area contributed by atoms with Gasteiger partial charge < -0.3 is 10.2 Å². The highest BCUT2D eigenvalue weighted by atomic mass is 32.2. The lowest BCUT2D eigenvalue weighted by atomic mass is 10.1. The summed E-state index contributed by atoms with van der Waals surface area (Å²) in [5, 5.41) is 5.14. The van der Waals surface area contributed by atoms with E-state index in [1.165, 1.54) is 0 Å². The predicted molar refractivity (Wildman–Crippen MR) is 110 cm³/mol. The molecule has 0 amide bonds. The van der Waals surface area contributed by atoms with Gasteiger partial charge in [-0.25, -0.2) is 8.42 Å². The second-order valence-corrected chi connectivity index (χ2v) is 9.02. The lowest BCUT2D eigenvalue weighted by Crippen LogP contribution is -2.43. The van der Waals surface area contributed by atoms with Gasteiger partial charge in [-0.15, -0.1) is 0 Å². The van der Waals surface area contributed by atoms with E-state index in [-0.39, 0.29) is 0 Å². The fourth-order valence-electron chi connectivity index (χ4n) is 3.79. The van der Waals surface area contributed by atoms with Crippen LogP contribution in [0.5, 0.6) is 0 Å². The molecule has 140 valence electrons. The van der Waals surface area contributed by atoms with Crippen LogP contribution in [0.3, 0.4) is 0 Å². The Kier molecular flexibility index (Phi) is 4.66. The summed E-state index contributed by atoms with van der Waals surface area (Å²) in [5.74, 6) is 0. The summed E-state index contributed by atoms with van der Waals surface area (Å²) in [4.78, 5) is 3.10. The van der Waals surface area contributed by atoms with E-state index in [9.17, 15) is 8.42 Å². The Morgan fingerprint density at radius 3 is 2.30 bits per heavy atom. The molecule has 0 bridgehead atoms. The maximum absolute atomic E-state index is 13.5. The van der Waals surface area contributed by atoms with Crippen LogP contribution >= 0.6 is 0 Å². The molecule has 0 aliphatic carbocycles. The zero-order chi connectivity index (χ0) is 19.0. The van der Waals surface area contributed by atoms with Crippen LogP contribution in [0.4, 0.5) is 5.69 Å². The summed E-state index contributed by atoms with van der Waals surface area (Å²) in [7, 11) is -3.60. The Hall–Kier alpha value is -2.37. The Balaban J connectivity index is 1.92. The van der Waals surface area contributed by atoms with Crippen molar-refractivity contribution >= 4 is 26.3 Å². The number of aryl methyl sites for hydroxylation is 2. The molecule has 1 aliphatic rings. The van der Waals surface area contributed by atoms with Gasteiger partial charge >= 0.3 is 0 Å². The highest BCUT2D eigenvalue weighted by molar-refractivity contribution is 7.91. The normalized spacial score (nSPS) is 15.3. The van der Waals surface area contributed by atoms with Crippen LogP contribution in [0.15, 0.2) is 64.4 Å². The average molecular weight is 381 g/mol. The first-order valence-electron chi connectivity index (χ1n) is 9.28. The fraction of sp³-hybridized carbons (Fsp3) is 0.273. The highest BCUT2D eigenvalue weighted by Crippen LogP contribution is 2.35. The zero-order valence-corrected chi connectivity index (χ0v) is 16.5. The molecule has 1 N–H and O–H groups in total. The molecule has 1 fully saturated rings. The van der Waals surface area contributed by atoms with Crippen molar-refractivity contribution in [1.82, 2.24) is 5.32 Å². The molecule has 0 spiro atoms. The molecule has 27 heavy (non-hydrogen) atoms. The van der Waals surface area contributed by atoms with Crippen molar-refractivity contribution in [2.45, 2.75) is 23.6 Å². The van der Waals surface area contributed by atoms with Crippen molar-refractivity contribution in [3.63, 3.8) is 0 Å². The summed E-state index contributed by atoms with van der Waals surface area (Å²) in [6.07, 6.45) is 0. The molecule has 1 saturated heterocycles. The quantitative estimate of drug-likeness (QED) is 0.753. The van der Waals surface area contributed by atoms with Crippen LogP contribution in [0.25, 0.3) is 10.8 Å². The molecular formula is C22H24N2O2S. The largest absolute Gasteiger partial charge is 0.368 e. The molecule has 0 unspecified atom stereocenters. The van der Waals surface area contributed by atoms with E-state index in [2.05, 4.69) is 10.2 Å². The molecular weight excluding hydrogens is 356 g/mol. The molecule has 0 aromatic heterocycles. The molecule has 0 saturated carbocycles. The molecule has 4 nitrogen and oxygen atoms in total. The number of nitrogens with zero attached hydrogens (tertiary/aromatic N) is 1. The van der Waals surface area contributed by atoms with Crippen LogP contribution in [0.1, 0.15) is 11.1 Å². The van der Waals surface area contributed by atoms with E-state index in [1.54, 1.807) is 12.1 Å². The van der Waals surface area contributed by atoms with E-state index < -0.39 is 9.84 Å². The lowest BCUT2D eigenvalue weighted by Gasteiger charge is -2.30. The Morgan fingerprint density at radius 1 is 0.852 bits per heavy atom. The third kappa shape index (κ3) is 3.22. The molecule has 5 heteroatoms. The van der Waals surface area contributed by atoms with E-state index in [1.807, 2.05) is 56.3 Å². The van der Waals surface area contributed by atoms with Gasteiger partial charge in [-0.05, 0) is 43.2 Å². The summed E-state index contributed by atoms with van der Waals surface area (Å²) in [6.45, 7) is 7.50. The second-order valence-electron chi connectivity index (χ2n) is 7.14. The average Bonchev–Trinajstić information content (AvgIpc) is 2.69. The van der Waals surface area contributed by atoms with Gasteiger partial charge in [0.15, 0.2) is 0 Å². The van der Waals surface area contributed by atoms with Crippen molar-refractivity contribution in [2.24, 2.45) is 0 Å². The molecule has 0 atom stereocenters. The molecule has 1 aliphatic heterocycles. The number of nitrogens with one attached hydrogen (secondary N) is 1. The minimum atomic E-state index is -3.60. The molecule has 3 aromatic rings. The smallest absolute Gasteiger partial charge is 0.207 e. The van der Waals surface area contributed by atoms with Crippen molar-refractivity contribution < 1.29 is 8.42 Å². The first-order chi connectivity index (χ1) is 13.0. The number of piperazine rings is 1. The van der Waals surface area contributed by atoms with Gasteiger partial charge in [-0.2, -0.15) is 0 Å². The summed E-state index contributed by atoms with van der Waals surface area (Å²) >= 11 is 0. The van der Waals surface area contributed by atoms with E-state index >= 15 is 0 Å². The third-order valence-corrected chi connectivity index (χ3v) is 7.20. The molecule has 1 heterocycles. The Labute approximate surface area is 160 Å². The Bertz CT molecular complexity index is 1100. The SMILES string of the molecule is Cc1ccc(C)c(S(=O)(=O)c2ccc(N3CCNCC3)c3ccccc23)c1. The van der Waals surface area contributed by atoms with Crippen molar-refractivity contribution in [3.8, 4) is 0 Å². The molecule has 0 radical (unpaired) electrons. The number of hydrogen-bond acceptors (Lipinski definition) is 4. The van der Waals surface area contributed by atoms with Gasteiger partial charge in [0.1, 0.15) is 0 Å². The number of rotatable bonds is 3. The van der Waals surface area contributed by atoms with Gasteiger partial charge in [-0.3, -0.25) is 0 Å². The predicted octanol–water partition coefficient (Wildman–Crippen LogP) is 3.70. The van der Waals surface area contributed by atoms with Crippen molar-refractivity contribution in [1.29, 1.82) is 0 Å². The highest BCUT2D eigenvalue weighted by Gasteiger charge is 2.24. The van der Waals surface area contributed by atoms with E-state index in [4.69, 9.17) is 0 Å². The third-order valence-electron chi connectivity index (χ3n) is 5.24. The second kappa shape index (κ2) is 6.98. The fourth-order valence-corrected chi connectivity index (χ4v) is 5.57. The van der Waals surface area contributed by atoms with Gasteiger partial charge in [-0.1, -0.05) is 36.4 Å². The Morgan fingerprint density at radius 2 is 1.56 bits per heavy atom. The van der Waals surface area contributed by atoms with Crippen LogP contribution in [0.2, 0.25) is 0 Å². The lowest BCUT2D eigenvalue weighted by molar-refractivity contribution is 0.590. The summed E-state index contributed by atoms with van der Waals surface area (Å²) in [5.41, 5.74) is 2.82. The van der Waals surface area contributed by atoms with Gasteiger partial charge in [0.05, 0.1) is 9.79 Å². The minimum absolute atomic E-state index is 0.380. The topological polar surface area (TPSA) is 49.4 Å². The zero-order valence-electron chi connectivity index (χ0n) is 15.7. The van der Waals surface area contributed by atoms with Crippen LogP contribution in [0, 0.1) is 13.8 Å². The summed E-state index contributed by atoms with van der Waals surface area (Å²) in [6, 6.07) is 17.1. The number of hydrogen-bond donors (Lipinski definition) is 1. The maximum Gasteiger partial charge on any atom is 0.207 e. The summed E-state index contributed by atoms with van der Waals surface area (Å²) < 4.78 is 27.0.